The first kappa shape index (κ1) is 13.7. The molecule has 1 aliphatic rings. The minimum atomic E-state index is 0.159. The number of hydrogen-bond acceptors (Lipinski definition) is 6. The summed E-state index contributed by atoms with van der Waals surface area (Å²) >= 11 is 7.82. The summed E-state index contributed by atoms with van der Waals surface area (Å²) in [5.41, 5.74) is 0. The lowest BCUT2D eigenvalue weighted by molar-refractivity contribution is 0.312. The van der Waals surface area contributed by atoms with Gasteiger partial charge in [0.2, 0.25) is 11.2 Å². The van der Waals surface area contributed by atoms with Crippen molar-refractivity contribution in [2.75, 3.05) is 24.2 Å². The van der Waals surface area contributed by atoms with E-state index < -0.39 is 0 Å². The Morgan fingerprint density at radius 3 is 3.00 bits per heavy atom. The summed E-state index contributed by atoms with van der Waals surface area (Å²) in [4.78, 5) is 12.1. The molecular formula is C11H17ClN4OS. The third-order valence-corrected chi connectivity index (χ3v) is 4.19. The van der Waals surface area contributed by atoms with Gasteiger partial charge in [0, 0.05) is 11.8 Å². The summed E-state index contributed by atoms with van der Waals surface area (Å²) in [7, 11) is 0. The molecule has 2 heterocycles. The highest BCUT2D eigenvalue weighted by Gasteiger charge is 2.14. The summed E-state index contributed by atoms with van der Waals surface area (Å²) in [6.07, 6.45) is 3.88. The number of hydrogen-bond donors (Lipinski definition) is 1. The van der Waals surface area contributed by atoms with Crippen LogP contribution in [0.5, 0.6) is 6.01 Å². The van der Waals surface area contributed by atoms with E-state index in [0.29, 0.717) is 17.8 Å². The average molecular weight is 289 g/mol. The maximum absolute atomic E-state index is 5.82. The van der Waals surface area contributed by atoms with Crippen LogP contribution in [0.3, 0.4) is 0 Å². The lowest BCUT2D eigenvalue weighted by Gasteiger charge is -2.21. The monoisotopic (exact) mass is 288 g/mol. The number of aromatic nitrogens is 3. The van der Waals surface area contributed by atoms with Crippen LogP contribution in [0.15, 0.2) is 0 Å². The first-order chi connectivity index (χ1) is 8.78. The Balaban J connectivity index is 1.91. The maximum Gasteiger partial charge on any atom is 0.322 e. The molecule has 18 heavy (non-hydrogen) atoms. The topological polar surface area (TPSA) is 59.9 Å². The molecule has 7 heteroatoms. The Kier molecular flexibility index (Phi) is 5.31. The quantitative estimate of drug-likeness (QED) is 0.899. The molecule has 1 aromatic heterocycles. The van der Waals surface area contributed by atoms with Gasteiger partial charge in [-0.05, 0) is 37.1 Å². The van der Waals surface area contributed by atoms with Crippen LogP contribution in [0.25, 0.3) is 0 Å². The van der Waals surface area contributed by atoms with Gasteiger partial charge >= 0.3 is 6.01 Å². The number of rotatable bonds is 5. The third-order valence-electron chi connectivity index (χ3n) is 2.62. The average Bonchev–Trinajstić information content (AvgIpc) is 2.37. The second kappa shape index (κ2) is 6.99. The van der Waals surface area contributed by atoms with Crippen LogP contribution in [-0.2, 0) is 0 Å². The van der Waals surface area contributed by atoms with Gasteiger partial charge in [-0.3, -0.25) is 0 Å². The van der Waals surface area contributed by atoms with Gasteiger partial charge in [0.1, 0.15) is 0 Å². The molecule has 1 saturated heterocycles. The van der Waals surface area contributed by atoms with E-state index in [0.717, 1.165) is 6.54 Å². The highest BCUT2D eigenvalue weighted by atomic mass is 35.5. The molecule has 1 aromatic rings. The fraction of sp³-hybridized carbons (Fsp3) is 0.727. The summed E-state index contributed by atoms with van der Waals surface area (Å²) in [5, 5.41) is 4.00. The van der Waals surface area contributed by atoms with Crippen molar-refractivity contribution in [3.05, 3.63) is 5.28 Å². The Bertz CT molecular complexity index is 387. The zero-order valence-corrected chi connectivity index (χ0v) is 11.9. The molecule has 0 bridgehead atoms. The van der Waals surface area contributed by atoms with Crippen LogP contribution < -0.4 is 10.1 Å². The van der Waals surface area contributed by atoms with Crippen molar-refractivity contribution in [3.8, 4) is 6.01 Å². The molecule has 5 nitrogen and oxygen atoms in total. The predicted octanol–water partition coefficient (Wildman–Crippen LogP) is 2.62. The minimum Gasteiger partial charge on any atom is -0.464 e. The Hall–Kier alpha value is -0.750. The van der Waals surface area contributed by atoms with Gasteiger partial charge in [-0.2, -0.15) is 26.7 Å². The van der Waals surface area contributed by atoms with E-state index in [1.807, 2.05) is 18.7 Å². The fourth-order valence-electron chi connectivity index (χ4n) is 1.78. The van der Waals surface area contributed by atoms with Crippen LogP contribution in [0, 0.1) is 0 Å². The summed E-state index contributed by atoms with van der Waals surface area (Å²) in [6.45, 7) is 3.25. The Morgan fingerprint density at radius 1 is 1.39 bits per heavy atom. The predicted molar refractivity (Wildman–Crippen MR) is 74.6 cm³/mol. The number of halogens is 1. The molecule has 1 fully saturated rings. The molecule has 2 rings (SSSR count). The largest absolute Gasteiger partial charge is 0.464 e. The van der Waals surface area contributed by atoms with E-state index in [9.17, 15) is 0 Å². The summed E-state index contributed by atoms with van der Waals surface area (Å²) < 4.78 is 5.23. The van der Waals surface area contributed by atoms with Crippen LogP contribution in [0.1, 0.15) is 26.2 Å². The maximum atomic E-state index is 5.82. The molecule has 0 spiro atoms. The number of thioether (sulfide) groups is 1. The number of anilines is 1. The zero-order chi connectivity index (χ0) is 12.8. The van der Waals surface area contributed by atoms with Crippen molar-refractivity contribution in [1.29, 1.82) is 0 Å². The van der Waals surface area contributed by atoms with Crippen LogP contribution in [-0.4, -0.2) is 39.1 Å². The summed E-state index contributed by atoms with van der Waals surface area (Å²) in [5.74, 6) is 1.73. The van der Waals surface area contributed by atoms with Crippen LogP contribution in [0.4, 0.5) is 5.95 Å². The lowest BCUT2D eigenvalue weighted by atomic mass is 10.2. The van der Waals surface area contributed by atoms with Crippen molar-refractivity contribution in [2.45, 2.75) is 31.4 Å². The van der Waals surface area contributed by atoms with Gasteiger partial charge in [0.15, 0.2) is 0 Å². The third kappa shape index (κ3) is 4.17. The second-order valence-corrected chi connectivity index (χ2v) is 5.76. The van der Waals surface area contributed by atoms with Crippen molar-refractivity contribution in [2.24, 2.45) is 0 Å². The lowest BCUT2D eigenvalue weighted by Crippen LogP contribution is -2.21. The molecule has 100 valence electrons. The number of ether oxygens (including phenoxy) is 1. The molecule has 0 aliphatic carbocycles. The van der Waals surface area contributed by atoms with Crippen LogP contribution in [0.2, 0.25) is 5.28 Å². The SMILES string of the molecule is CCOc1nc(Cl)nc(NCC2CCCCS2)n1. The normalized spacial score (nSPS) is 19.6. The Morgan fingerprint density at radius 2 is 2.28 bits per heavy atom. The van der Waals surface area contributed by atoms with E-state index in [1.54, 1.807) is 0 Å². The number of nitrogens with zero attached hydrogens (tertiary/aromatic N) is 3. The first-order valence-corrected chi connectivity index (χ1v) is 7.60. The zero-order valence-electron chi connectivity index (χ0n) is 10.4. The van der Waals surface area contributed by atoms with Gasteiger partial charge in [-0.1, -0.05) is 6.42 Å². The fourth-order valence-corrected chi connectivity index (χ4v) is 3.17. The highest BCUT2D eigenvalue weighted by molar-refractivity contribution is 7.99. The van der Waals surface area contributed by atoms with E-state index in [2.05, 4.69) is 20.3 Å². The standard InChI is InChI=1S/C11H17ClN4OS/c1-2-17-11-15-9(12)14-10(16-11)13-7-8-5-3-4-6-18-8/h8H,2-7H2,1H3,(H,13,14,15,16). The van der Waals surface area contributed by atoms with Gasteiger partial charge in [-0.15, -0.1) is 0 Å². The van der Waals surface area contributed by atoms with Crippen molar-refractivity contribution < 1.29 is 4.74 Å². The second-order valence-electron chi connectivity index (χ2n) is 4.01. The van der Waals surface area contributed by atoms with Crippen LogP contribution >= 0.6 is 23.4 Å². The molecule has 1 atom stereocenters. The first-order valence-electron chi connectivity index (χ1n) is 6.17. The van der Waals surface area contributed by atoms with Gasteiger partial charge in [0.05, 0.1) is 6.61 Å². The van der Waals surface area contributed by atoms with E-state index in [-0.39, 0.29) is 11.3 Å². The van der Waals surface area contributed by atoms with Crippen molar-refractivity contribution >= 4 is 29.3 Å². The number of nitrogens with one attached hydrogen (secondary N) is 1. The smallest absolute Gasteiger partial charge is 0.322 e. The van der Waals surface area contributed by atoms with E-state index in [4.69, 9.17) is 16.3 Å². The Labute approximate surface area is 116 Å². The molecule has 0 saturated carbocycles. The summed E-state index contributed by atoms with van der Waals surface area (Å²) in [6, 6.07) is 0.274. The van der Waals surface area contributed by atoms with Gasteiger partial charge < -0.3 is 10.1 Å². The van der Waals surface area contributed by atoms with E-state index in [1.165, 1.54) is 25.0 Å². The molecule has 1 N–H and O–H groups in total. The van der Waals surface area contributed by atoms with Gasteiger partial charge in [-0.25, -0.2) is 0 Å². The van der Waals surface area contributed by atoms with Gasteiger partial charge in [0.25, 0.3) is 0 Å². The molecular weight excluding hydrogens is 272 g/mol. The minimum absolute atomic E-state index is 0.159. The molecule has 0 radical (unpaired) electrons. The molecule has 1 unspecified atom stereocenters. The van der Waals surface area contributed by atoms with Crippen molar-refractivity contribution in [3.63, 3.8) is 0 Å². The van der Waals surface area contributed by atoms with E-state index >= 15 is 0 Å². The molecule has 0 aromatic carbocycles. The highest BCUT2D eigenvalue weighted by Crippen LogP contribution is 2.25. The van der Waals surface area contributed by atoms with Crippen molar-refractivity contribution in [1.82, 2.24) is 15.0 Å². The molecule has 0 amide bonds. The molecule has 1 aliphatic heterocycles.